The standard InChI is InChI=1S/C29H27F2N3O3/c1-17-3-8-21(30)15-23(17)27(29(36)37)34-16-32-24-10-9-22(26(31)25(24)28(34)35)20-6-4-18(5-7-20)19-11-13-33(2)14-12-19/h3-10,15-16,19,27H,11-14H2,1-2H3,(H,36,37). The molecule has 6 nitrogen and oxygen atoms in total. The summed E-state index contributed by atoms with van der Waals surface area (Å²) in [6, 6.07) is 13.0. The van der Waals surface area contributed by atoms with Crippen LogP contribution in [0, 0.1) is 18.6 Å². The van der Waals surface area contributed by atoms with Gasteiger partial charge < -0.3 is 10.0 Å². The molecule has 1 aromatic heterocycles. The highest BCUT2D eigenvalue weighted by Crippen LogP contribution is 2.32. The SMILES string of the molecule is Cc1ccc(F)cc1C(C(=O)O)n1cnc2ccc(-c3ccc(C4CCN(C)CC4)cc3)c(F)c2c1=O. The number of aromatic nitrogens is 2. The van der Waals surface area contributed by atoms with Crippen molar-refractivity contribution >= 4 is 16.9 Å². The fraction of sp³-hybridized carbons (Fsp3) is 0.276. The lowest BCUT2D eigenvalue weighted by molar-refractivity contribution is -0.139. The number of aryl methyl sites for hydroxylation is 1. The van der Waals surface area contributed by atoms with Gasteiger partial charge in [0.25, 0.3) is 5.56 Å². The van der Waals surface area contributed by atoms with Crippen molar-refractivity contribution in [1.82, 2.24) is 14.5 Å². The molecule has 3 aromatic carbocycles. The van der Waals surface area contributed by atoms with Crippen molar-refractivity contribution < 1.29 is 18.7 Å². The molecule has 0 radical (unpaired) electrons. The number of piperidine rings is 1. The Morgan fingerprint density at radius 1 is 1.05 bits per heavy atom. The summed E-state index contributed by atoms with van der Waals surface area (Å²) in [5.74, 6) is -2.32. The van der Waals surface area contributed by atoms with Gasteiger partial charge >= 0.3 is 5.97 Å². The van der Waals surface area contributed by atoms with Gasteiger partial charge in [0, 0.05) is 5.56 Å². The Morgan fingerprint density at radius 3 is 2.43 bits per heavy atom. The Morgan fingerprint density at radius 2 is 1.76 bits per heavy atom. The molecule has 1 saturated heterocycles. The summed E-state index contributed by atoms with van der Waals surface area (Å²) in [6.07, 6.45) is 3.21. The lowest BCUT2D eigenvalue weighted by Gasteiger charge is -2.29. The van der Waals surface area contributed by atoms with E-state index in [-0.39, 0.29) is 22.0 Å². The molecule has 1 aliphatic heterocycles. The number of halogens is 2. The van der Waals surface area contributed by atoms with Crippen LogP contribution in [0.4, 0.5) is 8.78 Å². The molecule has 1 fully saturated rings. The summed E-state index contributed by atoms with van der Waals surface area (Å²) in [7, 11) is 2.11. The number of aliphatic carboxylic acids is 1. The quantitative estimate of drug-likeness (QED) is 0.409. The highest BCUT2D eigenvalue weighted by atomic mass is 19.1. The number of hydrogen-bond acceptors (Lipinski definition) is 4. The minimum Gasteiger partial charge on any atom is -0.479 e. The number of carboxylic acid groups (broad SMARTS) is 1. The van der Waals surface area contributed by atoms with E-state index in [0.717, 1.165) is 42.9 Å². The van der Waals surface area contributed by atoms with Gasteiger partial charge in [0.1, 0.15) is 17.0 Å². The number of likely N-dealkylation sites (tertiary alicyclic amines) is 1. The smallest absolute Gasteiger partial charge is 0.331 e. The number of carbonyl (C=O) groups is 1. The molecule has 1 aliphatic rings. The average Bonchev–Trinajstić information content (AvgIpc) is 2.88. The lowest BCUT2D eigenvalue weighted by Crippen LogP contribution is -2.32. The predicted octanol–water partition coefficient (Wildman–Crippen LogP) is 5.13. The summed E-state index contributed by atoms with van der Waals surface area (Å²) in [6.45, 7) is 3.70. The second-order valence-electron chi connectivity index (χ2n) is 9.72. The maximum Gasteiger partial charge on any atom is 0.331 e. The second kappa shape index (κ2) is 9.86. The molecule has 0 bridgehead atoms. The van der Waals surface area contributed by atoms with Crippen LogP contribution in [-0.2, 0) is 4.79 Å². The van der Waals surface area contributed by atoms with E-state index in [1.54, 1.807) is 19.1 Å². The minimum absolute atomic E-state index is 0.0943. The first kappa shape index (κ1) is 24.8. The van der Waals surface area contributed by atoms with Crippen LogP contribution in [0.15, 0.2) is 65.7 Å². The van der Waals surface area contributed by atoms with Crippen LogP contribution in [0.3, 0.4) is 0 Å². The van der Waals surface area contributed by atoms with Crippen molar-refractivity contribution in [3.8, 4) is 11.1 Å². The molecule has 0 amide bonds. The van der Waals surface area contributed by atoms with E-state index >= 15 is 4.39 Å². The zero-order valence-electron chi connectivity index (χ0n) is 20.6. The van der Waals surface area contributed by atoms with Crippen LogP contribution in [0.1, 0.15) is 41.5 Å². The third-order valence-corrected chi connectivity index (χ3v) is 7.35. The molecule has 1 unspecified atom stereocenters. The maximum absolute atomic E-state index is 15.8. The monoisotopic (exact) mass is 503 g/mol. The fourth-order valence-corrected chi connectivity index (χ4v) is 5.17. The Balaban J connectivity index is 1.57. The van der Waals surface area contributed by atoms with Crippen LogP contribution in [0.5, 0.6) is 0 Å². The van der Waals surface area contributed by atoms with Crippen molar-refractivity contribution in [2.75, 3.05) is 20.1 Å². The molecule has 0 saturated carbocycles. The first-order valence-electron chi connectivity index (χ1n) is 12.2. The van der Waals surface area contributed by atoms with Gasteiger partial charge in [-0.25, -0.2) is 18.6 Å². The second-order valence-corrected chi connectivity index (χ2v) is 9.72. The van der Waals surface area contributed by atoms with Gasteiger partial charge in [0.05, 0.1) is 11.8 Å². The van der Waals surface area contributed by atoms with E-state index in [4.69, 9.17) is 0 Å². The molecular weight excluding hydrogens is 476 g/mol. The molecule has 2 heterocycles. The molecule has 0 spiro atoms. The molecule has 1 atom stereocenters. The van der Waals surface area contributed by atoms with Gasteiger partial charge in [-0.05, 0) is 92.3 Å². The van der Waals surface area contributed by atoms with E-state index in [9.17, 15) is 19.1 Å². The van der Waals surface area contributed by atoms with Crippen molar-refractivity contribution in [2.45, 2.75) is 31.7 Å². The van der Waals surface area contributed by atoms with Gasteiger partial charge in [-0.3, -0.25) is 9.36 Å². The zero-order valence-corrected chi connectivity index (χ0v) is 20.6. The molecule has 1 N–H and O–H groups in total. The zero-order chi connectivity index (χ0) is 26.3. The van der Waals surface area contributed by atoms with Gasteiger partial charge in [-0.2, -0.15) is 0 Å². The van der Waals surface area contributed by atoms with E-state index in [1.807, 2.05) is 24.3 Å². The highest BCUT2D eigenvalue weighted by molar-refractivity contribution is 5.85. The summed E-state index contributed by atoms with van der Waals surface area (Å²) < 4.78 is 30.6. The molecular formula is C29H27F2N3O3. The topological polar surface area (TPSA) is 75.4 Å². The fourth-order valence-electron chi connectivity index (χ4n) is 5.17. The molecule has 190 valence electrons. The van der Waals surface area contributed by atoms with Crippen molar-refractivity contribution in [3.05, 3.63) is 99.6 Å². The summed E-state index contributed by atoms with van der Waals surface area (Å²) in [5.41, 5.74) is 1.90. The number of hydrogen-bond donors (Lipinski definition) is 1. The van der Waals surface area contributed by atoms with Gasteiger partial charge in [0.15, 0.2) is 6.04 Å². The van der Waals surface area contributed by atoms with Crippen LogP contribution in [0.2, 0.25) is 0 Å². The van der Waals surface area contributed by atoms with Gasteiger partial charge in [0.2, 0.25) is 0 Å². The maximum atomic E-state index is 15.8. The van der Waals surface area contributed by atoms with E-state index in [2.05, 4.69) is 16.9 Å². The minimum atomic E-state index is -1.56. The molecule has 8 heteroatoms. The van der Waals surface area contributed by atoms with Crippen LogP contribution < -0.4 is 5.56 Å². The van der Waals surface area contributed by atoms with Crippen LogP contribution >= 0.6 is 0 Å². The third-order valence-electron chi connectivity index (χ3n) is 7.35. The lowest BCUT2D eigenvalue weighted by atomic mass is 9.88. The molecule has 0 aliphatic carbocycles. The number of nitrogens with zero attached hydrogens (tertiary/aromatic N) is 3. The Bertz CT molecular complexity index is 1540. The Kier molecular flexibility index (Phi) is 6.60. The summed E-state index contributed by atoms with van der Waals surface area (Å²) >= 11 is 0. The van der Waals surface area contributed by atoms with Crippen molar-refractivity contribution in [1.29, 1.82) is 0 Å². The normalized spacial score (nSPS) is 15.7. The number of benzene rings is 3. The molecule has 4 aromatic rings. The Labute approximate surface area is 212 Å². The van der Waals surface area contributed by atoms with Crippen molar-refractivity contribution in [3.63, 3.8) is 0 Å². The highest BCUT2D eigenvalue weighted by Gasteiger charge is 2.27. The molecule has 37 heavy (non-hydrogen) atoms. The van der Waals surface area contributed by atoms with E-state index in [1.165, 1.54) is 17.7 Å². The van der Waals surface area contributed by atoms with Crippen molar-refractivity contribution in [2.24, 2.45) is 0 Å². The Hall–Kier alpha value is -3.91. The predicted molar refractivity (Wildman–Crippen MR) is 138 cm³/mol. The largest absolute Gasteiger partial charge is 0.479 e. The first-order chi connectivity index (χ1) is 17.7. The third kappa shape index (κ3) is 4.64. The number of rotatable bonds is 5. The summed E-state index contributed by atoms with van der Waals surface area (Å²) in [4.78, 5) is 32.1. The van der Waals surface area contributed by atoms with E-state index in [0.29, 0.717) is 17.0 Å². The van der Waals surface area contributed by atoms with Gasteiger partial charge in [-0.15, -0.1) is 0 Å². The van der Waals surface area contributed by atoms with Crippen LogP contribution in [0.25, 0.3) is 22.0 Å². The van der Waals surface area contributed by atoms with E-state index < -0.39 is 29.2 Å². The summed E-state index contributed by atoms with van der Waals surface area (Å²) in [5, 5.41) is 9.63. The number of fused-ring (bicyclic) bond motifs is 1. The number of carboxylic acids is 1. The van der Waals surface area contributed by atoms with Gasteiger partial charge in [-0.1, -0.05) is 30.3 Å². The molecule has 5 rings (SSSR count). The van der Waals surface area contributed by atoms with Crippen LogP contribution in [-0.4, -0.2) is 45.7 Å². The average molecular weight is 504 g/mol. The first-order valence-corrected chi connectivity index (χ1v) is 12.2.